The highest BCUT2D eigenvalue weighted by atomic mass is 31.2. The van der Waals surface area contributed by atoms with Crippen LogP contribution in [0.4, 0.5) is 0 Å². The van der Waals surface area contributed by atoms with Gasteiger partial charge in [-0.3, -0.25) is 4.57 Å². The molecule has 0 saturated heterocycles. The van der Waals surface area contributed by atoms with Gasteiger partial charge >= 0.3 is 0 Å². The van der Waals surface area contributed by atoms with Gasteiger partial charge in [-0.2, -0.15) is 0 Å². The van der Waals surface area contributed by atoms with Crippen LogP contribution in [0.3, 0.4) is 0 Å². The van der Waals surface area contributed by atoms with Gasteiger partial charge in [0.15, 0.2) is 0 Å². The van der Waals surface area contributed by atoms with E-state index >= 15 is 0 Å². The van der Waals surface area contributed by atoms with Crippen LogP contribution in [0.2, 0.25) is 0 Å². The first-order valence-electron chi connectivity index (χ1n) is 5.31. The predicted molar refractivity (Wildman–Crippen MR) is 64.9 cm³/mol. The van der Waals surface area contributed by atoms with E-state index in [0.717, 1.165) is 0 Å². The summed E-state index contributed by atoms with van der Waals surface area (Å²) in [6, 6.07) is 9.39. The minimum Gasteiger partial charge on any atom is -0.442 e. The van der Waals surface area contributed by atoms with Crippen LogP contribution in [0.5, 0.6) is 5.75 Å². The zero-order valence-corrected chi connectivity index (χ0v) is 10.7. The molecule has 3 heteroatoms. The maximum Gasteiger partial charge on any atom is 0.252 e. The van der Waals surface area contributed by atoms with Gasteiger partial charge in [0, 0.05) is 11.3 Å². The van der Waals surface area contributed by atoms with E-state index in [9.17, 15) is 4.57 Å². The monoisotopic (exact) mass is 226 g/mol. The summed E-state index contributed by atoms with van der Waals surface area (Å²) in [6.07, 6.45) is 0. The standard InChI is InChI=1S/C12H19O2P/c1-10(2)15(13,11(3)4)14-12-8-6-5-7-9-12/h5-11H,1-4H3. The number of benzene rings is 1. The Kier molecular flexibility index (Phi) is 3.98. The molecule has 0 atom stereocenters. The Hall–Kier alpha value is -0.750. The van der Waals surface area contributed by atoms with Crippen LogP contribution in [-0.4, -0.2) is 11.3 Å². The Morgan fingerprint density at radius 2 is 1.47 bits per heavy atom. The van der Waals surface area contributed by atoms with E-state index < -0.39 is 7.37 Å². The lowest BCUT2D eigenvalue weighted by Gasteiger charge is -2.26. The maximum atomic E-state index is 12.6. The molecule has 0 radical (unpaired) electrons. The largest absolute Gasteiger partial charge is 0.442 e. The molecule has 0 aromatic heterocycles. The van der Waals surface area contributed by atoms with E-state index in [1.165, 1.54) is 0 Å². The Bertz CT molecular complexity index is 332. The second-order valence-corrected chi connectivity index (χ2v) is 7.78. The lowest BCUT2D eigenvalue weighted by Crippen LogP contribution is -2.13. The lowest BCUT2D eigenvalue weighted by atomic mass is 10.3. The molecule has 0 unspecified atom stereocenters. The van der Waals surface area contributed by atoms with Gasteiger partial charge in [-0.1, -0.05) is 45.9 Å². The summed E-state index contributed by atoms with van der Waals surface area (Å²) in [5, 5.41) is 0. The van der Waals surface area contributed by atoms with E-state index in [0.29, 0.717) is 5.75 Å². The van der Waals surface area contributed by atoms with Gasteiger partial charge in [-0.15, -0.1) is 0 Å². The average Bonchev–Trinajstić information content (AvgIpc) is 2.18. The van der Waals surface area contributed by atoms with E-state index in [2.05, 4.69) is 0 Å². The van der Waals surface area contributed by atoms with Gasteiger partial charge in [-0.25, -0.2) is 0 Å². The number of hydrogen-bond acceptors (Lipinski definition) is 2. The molecule has 0 bridgehead atoms. The summed E-state index contributed by atoms with van der Waals surface area (Å²) in [7, 11) is -2.59. The molecule has 1 rings (SSSR count). The molecule has 0 aliphatic heterocycles. The van der Waals surface area contributed by atoms with Crippen LogP contribution in [0.15, 0.2) is 30.3 Å². The SMILES string of the molecule is CC(C)P(=O)(Oc1ccccc1)C(C)C. The summed E-state index contributed by atoms with van der Waals surface area (Å²) in [4.78, 5) is 0. The van der Waals surface area contributed by atoms with Crippen molar-refractivity contribution in [1.29, 1.82) is 0 Å². The Morgan fingerprint density at radius 3 is 1.87 bits per heavy atom. The van der Waals surface area contributed by atoms with Crippen molar-refractivity contribution in [1.82, 2.24) is 0 Å². The highest BCUT2D eigenvalue weighted by Crippen LogP contribution is 2.55. The Balaban J connectivity index is 2.91. The quantitative estimate of drug-likeness (QED) is 0.720. The molecule has 0 aliphatic carbocycles. The van der Waals surface area contributed by atoms with Crippen LogP contribution in [0.1, 0.15) is 27.7 Å². The number of rotatable bonds is 4. The molecule has 0 N–H and O–H groups in total. The molecule has 15 heavy (non-hydrogen) atoms. The molecule has 0 heterocycles. The van der Waals surface area contributed by atoms with E-state index in [1.807, 2.05) is 58.0 Å². The third kappa shape index (κ3) is 2.85. The number of hydrogen-bond donors (Lipinski definition) is 0. The van der Waals surface area contributed by atoms with Gasteiger partial charge in [0.2, 0.25) is 0 Å². The molecule has 0 fully saturated rings. The summed E-state index contributed by atoms with van der Waals surface area (Å²) < 4.78 is 18.2. The molecule has 1 aromatic rings. The van der Waals surface area contributed by atoms with Crippen molar-refractivity contribution < 1.29 is 9.09 Å². The first kappa shape index (κ1) is 12.3. The van der Waals surface area contributed by atoms with E-state index in [-0.39, 0.29) is 11.3 Å². The summed E-state index contributed by atoms with van der Waals surface area (Å²) in [6.45, 7) is 7.79. The van der Waals surface area contributed by atoms with E-state index in [1.54, 1.807) is 0 Å². The average molecular weight is 226 g/mol. The minimum atomic E-state index is -2.59. The fourth-order valence-corrected chi connectivity index (χ4v) is 3.52. The number of para-hydroxylation sites is 1. The minimum absolute atomic E-state index is 0.0534. The molecule has 84 valence electrons. The van der Waals surface area contributed by atoms with Crippen LogP contribution >= 0.6 is 7.37 Å². The molecule has 0 aliphatic rings. The van der Waals surface area contributed by atoms with Crippen LogP contribution in [-0.2, 0) is 4.57 Å². The second kappa shape index (κ2) is 4.85. The lowest BCUT2D eigenvalue weighted by molar-refractivity contribution is 0.463. The Morgan fingerprint density at radius 1 is 1.00 bits per heavy atom. The summed E-state index contributed by atoms with van der Waals surface area (Å²) in [5.74, 6) is 0.697. The van der Waals surface area contributed by atoms with Crippen molar-refractivity contribution in [3.8, 4) is 5.75 Å². The second-order valence-electron chi connectivity index (χ2n) is 4.24. The zero-order valence-electron chi connectivity index (χ0n) is 9.81. The van der Waals surface area contributed by atoms with Crippen molar-refractivity contribution in [3.05, 3.63) is 30.3 Å². The molecular formula is C12H19O2P. The smallest absolute Gasteiger partial charge is 0.252 e. The van der Waals surface area contributed by atoms with Gasteiger partial charge < -0.3 is 4.52 Å². The van der Waals surface area contributed by atoms with Crippen LogP contribution < -0.4 is 4.52 Å². The zero-order chi connectivity index (χ0) is 11.5. The third-order valence-electron chi connectivity index (χ3n) is 2.43. The van der Waals surface area contributed by atoms with E-state index in [4.69, 9.17) is 4.52 Å². The van der Waals surface area contributed by atoms with Crippen molar-refractivity contribution in [3.63, 3.8) is 0 Å². The molecule has 0 spiro atoms. The summed E-state index contributed by atoms with van der Waals surface area (Å²) >= 11 is 0. The molecular weight excluding hydrogens is 207 g/mol. The normalized spacial score (nSPS) is 12.1. The molecule has 1 aromatic carbocycles. The first-order valence-corrected chi connectivity index (χ1v) is 7.07. The third-order valence-corrected chi connectivity index (χ3v) is 5.81. The molecule has 0 amide bonds. The highest BCUT2D eigenvalue weighted by Gasteiger charge is 2.32. The first-order chi connectivity index (χ1) is 6.97. The van der Waals surface area contributed by atoms with Gasteiger partial charge in [-0.05, 0) is 12.1 Å². The topological polar surface area (TPSA) is 26.3 Å². The van der Waals surface area contributed by atoms with Crippen molar-refractivity contribution >= 4 is 7.37 Å². The predicted octanol–water partition coefficient (Wildman–Crippen LogP) is 4.16. The van der Waals surface area contributed by atoms with Crippen LogP contribution in [0, 0.1) is 0 Å². The highest BCUT2D eigenvalue weighted by molar-refractivity contribution is 7.60. The Labute approximate surface area is 92.1 Å². The summed E-state index contributed by atoms with van der Waals surface area (Å²) in [5.41, 5.74) is 0.107. The van der Waals surface area contributed by atoms with Crippen molar-refractivity contribution in [2.45, 2.75) is 39.0 Å². The van der Waals surface area contributed by atoms with Crippen molar-refractivity contribution in [2.24, 2.45) is 0 Å². The molecule has 0 saturated carbocycles. The molecule has 2 nitrogen and oxygen atoms in total. The maximum absolute atomic E-state index is 12.6. The van der Waals surface area contributed by atoms with Gasteiger partial charge in [0.05, 0.1) is 0 Å². The van der Waals surface area contributed by atoms with Crippen LogP contribution in [0.25, 0.3) is 0 Å². The van der Waals surface area contributed by atoms with Gasteiger partial charge in [0.1, 0.15) is 5.75 Å². The fourth-order valence-electron chi connectivity index (χ4n) is 1.45. The van der Waals surface area contributed by atoms with Gasteiger partial charge in [0.25, 0.3) is 7.37 Å². The fraction of sp³-hybridized carbons (Fsp3) is 0.500. The van der Waals surface area contributed by atoms with Crippen molar-refractivity contribution in [2.75, 3.05) is 0 Å².